The molecule has 3 rings (SSSR count). The minimum absolute atomic E-state index is 0.162. The SMILES string of the molecule is O=[N+]([O-])c1ccccc1CCn1ncnc1CNC1CC1. The van der Waals surface area contributed by atoms with Crippen molar-refractivity contribution in [3.05, 3.63) is 52.1 Å². The van der Waals surface area contributed by atoms with Crippen molar-refractivity contribution < 1.29 is 4.92 Å². The van der Waals surface area contributed by atoms with Crippen LogP contribution < -0.4 is 5.32 Å². The van der Waals surface area contributed by atoms with Gasteiger partial charge in [-0.15, -0.1) is 0 Å². The van der Waals surface area contributed by atoms with E-state index in [0.29, 0.717) is 25.6 Å². The molecule has 1 aromatic carbocycles. The number of nitrogens with zero attached hydrogens (tertiary/aromatic N) is 4. The number of nitrogens with one attached hydrogen (secondary N) is 1. The lowest BCUT2D eigenvalue weighted by molar-refractivity contribution is -0.385. The van der Waals surface area contributed by atoms with Crippen molar-refractivity contribution >= 4 is 5.69 Å². The molecule has 7 nitrogen and oxygen atoms in total. The molecule has 1 aromatic heterocycles. The summed E-state index contributed by atoms with van der Waals surface area (Å²) in [5.41, 5.74) is 0.884. The molecule has 0 atom stereocenters. The Bertz CT molecular complexity index is 636. The summed E-state index contributed by atoms with van der Waals surface area (Å²) in [7, 11) is 0. The number of nitro groups is 1. The van der Waals surface area contributed by atoms with Crippen molar-refractivity contribution in [3.63, 3.8) is 0 Å². The number of nitro benzene ring substituents is 1. The molecule has 0 aliphatic heterocycles. The molecule has 0 saturated heterocycles. The zero-order valence-electron chi connectivity index (χ0n) is 11.6. The average Bonchev–Trinajstić information content (AvgIpc) is 3.21. The van der Waals surface area contributed by atoms with E-state index in [1.165, 1.54) is 25.2 Å². The number of aromatic nitrogens is 3. The fraction of sp³-hybridized carbons (Fsp3) is 0.429. The molecule has 7 heteroatoms. The van der Waals surface area contributed by atoms with Crippen LogP contribution >= 0.6 is 0 Å². The first-order chi connectivity index (χ1) is 10.2. The Kier molecular flexibility index (Phi) is 3.92. The average molecular weight is 287 g/mol. The minimum atomic E-state index is -0.341. The molecule has 1 heterocycles. The van der Waals surface area contributed by atoms with Gasteiger partial charge in [-0.3, -0.25) is 10.1 Å². The molecular formula is C14H17N5O2. The van der Waals surface area contributed by atoms with Crippen LogP contribution in [0.15, 0.2) is 30.6 Å². The first kappa shape index (κ1) is 13.7. The van der Waals surface area contributed by atoms with Gasteiger partial charge in [-0.1, -0.05) is 18.2 Å². The first-order valence-corrected chi connectivity index (χ1v) is 7.06. The second kappa shape index (κ2) is 6.01. The molecule has 1 aliphatic carbocycles. The molecule has 110 valence electrons. The molecule has 1 saturated carbocycles. The first-order valence-electron chi connectivity index (χ1n) is 7.06. The number of para-hydroxylation sites is 1. The number of rotatable bonds is 7. The molecule has 0 spiro atoms. The monoisotopic (exact) mass is 287 g/mol. The summed E-state index contributed by atoms with van der Waals surface area (Å²) >= 11 is 0. The molecule has 1 fully saturated rings. The lowest BCUT2D eigenvalue weighted by atomic mass is 10.1. The van der Waals surface area contributed by atoms with Crippen molar-refractivity contribution in [3.8, 4) is 0 Å². The largest absolute Gasteiger partial charge is 0.307 e. The van der Waals surface area contributed by atoms with E-state index < -0.39 is 0 Å². The quantitative estimate of drug-likeness (QED) is 0.618. The highest BCUT2D eigenvalue weighted by Gasteiger charge is 2.21. The van der Waals surface area contributed by atoms with Gasteiger partial charge in [0.05, 0.1) is 11.5 Å². The standard InChI is InChI=1S/C14H17N5O2/c20-19(21)13-4-2-1-3-11(13)7-8-18-14(16-10-17-18)9-15-12-5-6-12/h1-4,10,12,15H,5-9H2. The van der Waals surface area contributed by atoms with E-state index >= 15 is 0 Å². The van der Waals surface area contributed by atoms with Gasteiger partial charge in [-0.05, 0) is 19.3 Å². The lowest BCUT2D eigenvalue weighted by Gasteiger charge is -2.07. The molecule has 2 aromatic rings. The Morgan fingerprint density at radius 2 is 2.19 bits per heavy atom. The van der Waals surface area contributed by atoms with Crippen LogP contribution in [-0.2, 0) is 19.5 Å². The van der Waals surface area contributed by atoms with Gasteiger partial charge in [0.25, 0.3) is 5.69 Å². The Hall–Kier alpha value is -2.28. The van der Waals surface area contributed by atoms with Gasteiger partial charge in [-0.2, -0.15) is 5.10 Å². The van der Waals surface area contributed by atoms with Crippen LogP contribution in [0.1, 0.15) is 24.2 Å². The van der Waals surface area contributed by atoms with Gasteiger partial charge in [0, 0.05) is 24.2 Å². The summed E-state index contributed by atoms with van der Waals surface area (Å²) in [6.07, 6.45) is 4.55. The van der Waals surface area contributed by atoms with E-state index in [9.17, 15) is 10.1 Å². The van der Waals surface area contributed by atoms with E-state index in [1.54, 1.807) is 12.1 Å². The van der Waals surface area contributed by atoms with Gasteiger partial charge >= 0.3 is 0 Å². The predicted octanol–water partition coefficient (Wildman–Crippen LogP) is 1.68. The number of benzene rings is 1. The maximum Gasteiger partial charge on any atom is 0.272 e. The Labute approximate surface area is 122 Å². The van der Waals surface area contributed by atoms with Gasteiger partial charge in [0.15, 0.2) is 0 Å². The maximum absolute atomic E-state index is 11.0. The zero-order chi connectivity index (χ0) is 14.7. The van der Waals surface area contributed by atoms with Gasteiger partial charge in [0.1, 0.15) is 12.2 Å². The van der Waals surface area contributed by atoms with Gasteiger partial charge in [0.2, 0.25) is 0 Å². The van der Waals surface area contributed by atoms with Gasteiger partial charge in [-0.25, -0.2) is 9.67 Å². The van der Waals surface area contributed by atoms with Crippen LogP contribution in [0.2, 0.25) is 0 Å². The van der Waals surface area contributed by atoms with Crippen molar-refractivity contribution in [2.24, 2.45) is 0 Å². The summed E-state index contributed by atoms with van der Waals surface area (Å²) in [4.78, 5) is 14.9. The minimum Gasteiger partial charge on any atom is -0.307 e. The van der Waals surface area contributed by atoms with Gasteiger partial charge < -0.3 is 5.32 Å². The van der Waals surface area contributed by atoms with E-state index in [2.05, 4.69) is 15.4 Å². The second-order valence-corrected chi connectivity index (χ2v) is 5.19. The van der Waals surface area contributed by atoms with Crippen molar-refractivity contribution in [2.45, 2.75) is 38.4 Å². The smallest absolute Gasteiger partial charge is 0.272 e. The van der Waals surface area contributed by atoms with Crippen LogP contribution in [0.5, 0.6) is 0 Å². The van der Waals surface area contributed by atoms with E-state index in [1.807, 2.05) is 10.7 Å². The summed E-state index contributed by atoms with van der Waals surface area (Å²) in [6.45, 7) is 1.29. The Morgan fingerprint density at radius 1 is 1.38 bits per heavy atom. The van der Waals surface area contributed by atoms with Crippen molar-refractivity contribution in [1.29, 1.82) is 0 Å². The fourth-order valence-corrected chi connectivity index (χ4v) is 2.26. The van der Waals surface area contributed by atoms with E-state index in [0.717, 1.165) is 11.4 Å². The normalized spacial score (nSPS) is 14.3. The molecule has 0 radical (unpaired) electrons. The maximum atomic E-state index is 11.0. The molecule has 0 amide bonds. The third kappa shape index (κ3) is 3.43. The van der Waals surface area contributed by atoms with E-state index in [4.69, 9.17) is 0 Å². The number of hydrogen-bond donors (Lipinski definition) is 1. The van der Waals surface area contributed by atoms with Crippen LogP contribution in [-0.4, -0.2) is 25.7 Å². The van der Waals surface area contributed by atoms with Crippen LogP contribution in [0.25, 0.3) is 0 Å². The number of hydrogen-bond acceptors (Lipinski definition) is 5. The lowest BCUT2D eigenvalue weighted by Crippen LogP contribution is -2.20. The third-order valence-electron chi connectivity index (χ3n) is 3.60. The molecule has 1 N–H and O–H groups in total. The summed E-state index contributed by atoms with van der Waals surface area (Å²) in [5, 5.41) is 18.6. The Morgan fingerprint density at radius 3 is 2.95 bits per heavy atom. The Balaban J connectivity index is 1.64. The molecule has 0 bridgehead atoms. The zero-order valence-corrected chi connectivity index (χ0v) is 11.6. The third-order valence-corrected chi connectivity index (χ3v) is 3.60. The molecule has 0 unspecified atom stereocenters. The van der Waals surface area contributed by atoms with Crippen molar-refractivity contribution in [1.82, 2.24) is 20.1 Å². The molecule has 1 aliphatic rings. The highest BCUT2D eigenvalue weighted by Crippen LogP contribution is 2.20. The molecular weight excluding hydrogens is 270 g/mol. The number of aryl methyl sites for hydroxylation is 2. The second-order valence-electron chi connectivity index (χ2n) is 5.19. The molecule has 21 heavy (non-hydrogen) atoms. The highest BCUT2D eigenvalue weighted by molar-refractivity contribution is 5.39. The highest BCUT2D eigenvalue weighted by atomic mass is 16.6. The predicted molar refractivity (Wildman–Crippen MR) is 76.7 cm³/mol. The summed E-state index contributed by atoms with van der Waals surface area (Å²) in [6, 6.07) is 7.44. The van der Waals surface area contributed by atoms with Crippen molar-refractivity contribution in [2.75, 3.05) is 0 Å². The topological polar surface area (TPSA) is 85.9 Å². The van der Waals surface area contributed by atoms with Crippen LogP contribution in [0.4, 0.5) is 5.69 Å². The van der Waals surface area contributed by atoms with E-state index in [-0.39, 0.29) is 10.6 Å². The van der Waals surface area contributed by atoms with Crippen LogP contribution in [0.3, 0.4) is 0 Å². The van der Waals surface area contributed by atoms with Crippen LogP contribution in [0, 0.1) is 10.1 Å². The summed E-state index contributed by atoms with van der Waals surface area (Å²) in [5.74, 6) is 0.875. The fourth-order valence-electron chi connectivity index (χ4n) is 2.26. The summed E-state index contributed by atoms with van der Waals surface area (Å²) < 4.78 is 1.81.